The van der Waals surface area contributed by atoms with Crippen LogP contribution in [0.15, 0.2) is 47.4 Å². The van der Waals surface area contributed by atoms with Gasteiger partial charge >= 0.3 is 0 Å². The molecule has 0 bridgehead atoms. The van der Waals surface area contributed by atoms with Gasteiger partial charge in [-0.15, -0.1) is 0 Å². The summed E-state index contributed by atoms with van der Waals surface area (Å²) in [6, 6.07) is 11.4. The van der Waals surface area contributed by atoms with Crippen LogP contribution >= 0.6 is 23.2 Å². The Balaban J connectivity index is 2.24. The van der Waals surface area contributed by atoms with E-state index in [2.05, 4.69) is 0 Å². The van der Waals surface area contributed by atoms with Crippen molar-refractivity contribution in [3.8, 4) is 0 Å². The highest BCUT2D eigenvalue weighted by Gasteiger charge is 2.18. The molecular weight excluding hydrogens is 357 g/mol. The van der Waals surface area contributed by atoms with Gasteiger partial charge in [-0.25, -0.2) is 8.42 Å². The molecule has 2 rings (SSSR count). The summed E-state index contributed by atoms with van der Waals surface area (Å²) < 4.78 is 23.4. The minimum atomic E-state index is -3.50. The fourth-order valence-corrected chi connectivity index (χ4v) is 3.50. The van der Waals surface area contributed by atoms with E-state index in [-0.39, 0.29) is 21.4 Å². The lowest BCUT2D eigenvalue weighted by Crippen LogP contribution is -2.26. The zero-order valence-corrected chi connectivity index (χ0v) is 14.9. The lowest BCUT2D eigenvalue weighted by atomic mass is 10.1. The van der Waals surface area contributed by atoms with Gasteiger partial charge < -0.3 is 4.90 Å². The van der Waals surface area contributed by atoms with Crippen molar-refractivity contribution in [1.82, 2.24) is 4.90 Å². The van der Waals surface area contributed by atoms with Crippen LogP contribution in [0.3, 0.4) is 0 Å². The monoisotopic (exact) mass is 371 g/mol. The minimum Gasteiger partial charge on any atom is -0.337 e. The van der Waals surface area contributed by atoms with Gasteiger partial charge in [-0.1, -0.05) is 35.3 Å². The van der Waals surface area contributed by atoms with E-state index in [1.54, 1.807) is 19.2 Å². The van der Waals surface area contributed by atoms with E-state index in [0.717, 1.165) is 11.8 Å². The van der Waals surface area contributed by atoms with E-state index in [0.29, 0.717) is 11.6 Å². The van der Waals surface area contributed by atoms with Crippen molar-refractivity contribution in [3.63, 3.8) is 0 Å². The van der Waals surface area contributed by atoms with E-state index in [1.165, 1.54) is 23.1 Å². The van der Waals surface area contributed by atoms with Crippen molar-refractivity contribution in [2.45, 2.75) is 11.4 Å². The van der Waals surface area contributed by atoms with Crippen LogP contribution in [0.1, 0.15) is 15.9 Å². The van der Waals surface area contributed by atoms with Gasteiger partial charge in [0.15, 0.2) is 9.84 Å². The Morgan fingerprint density at radius 3 is 2.26 bits per heavy atom. The number of halogens is 2. The maximum absolute atomic E-state index is 12.5. The molecule has 4 nitrogen and oxygen atoms in total. The standard InChI is InChI=1S/C16H15Cl2NO3S/c1-19(10-11-3-6-13(17)7-4-11)16(20)12-5-8-14(18)15(9-12)23(2,21)22/h3-9H,10H2,1-2H3. The third-order valence-corrected chi connectivity index (χ3v) is 5.09. The predicted octanol–water partition coefficient (Wildman–Crippen LogP) is 3.67. The molecule has 1 amide bonds. The number of carbonyl (C=O) groups is 1. The van der Waals surface area contributed by atoms with Gasteiger partial charge in [0.25, 0.3) is 5.91 Å². The topological polar surface area (TPSA) is 54.5 Å². The number of rotatable bonds is 4. The minimum absolute atomic E-state index is 0.0510. The highest BCUT2D eigenvalue weighted by molar-refractivity contribution is 7.90. The van der Waals surface area contributed by atoms with Crippen LogP contribution in [-0.4, -0.2) is 32.5 Å². The largest absolute Gasteiger partial charge is 0.337 e. The van der Waals surface area contributed by atoms with Gasteiger partial charge in [0.2, 0.25) is 0 Å². The van der Waals surface area contributed by atoms with Gasteiger partial charge in [-0.05, 0) is 35.9 Å². The Kier molecular flexibility index (Phi) is 5.34. The third-order valence-electron chi connectivity index (χ3n) is 3.26. The number of hydrogen-bond acceptors (Lipinski definition) is 3. The van der Waals surface area contributed by atoms with E-state index >= 15 is 0 Å². The smallest absolute Gasteiger partial charge is 0.253 e. The van der Waals surface area contributed by atoms with Crippen molar-refractivity contribution in [2.75, 3.05) is 13.3 Å². The molecule has 0 heterocycles. The number of carbonyl (C=O) groups excluding carboxylic acids is 1. The highest BCUT2D eigenvalue weighted by Crippen LogP contribution is 2.23. The molecule has 0 aliphatic carbocycles. The number of benzene rings is 2. The quantitative estimate of drug-likeness (QED) is 0.823. The Morgan fingerprint density at radius 2 is 1.70 bits per heavy atom. The Labute approximate surface area is 145 Å². The summed E-state index contributed by atoms with van der Waals surface area (Å²) in [6.45, 7) is 0.382. The number of sulfone groups is 1. The summed E-state index contributed by atoms with van der Waals surface area (Å²) >= 11 is 11.7. The molecule has 2 aromatic carbocycles. The fourth-order valence-electron chi connectivity index (χ4n) is 2.08. The zero-order valence-electron chi connectivity index (χ0n) is 12.6. The van der Waals surface area contributed by atoms with Gasteiger partial charge in [0, 0.05) is 30.4 Å². The first kappa shape index (κ1) is 17.8. The molecule has 7 heteroatoms. The van der Waals surface area contributed by atoms with Gasteiger partial charge in [-0.3, -0.25) is 4.79 Å². The van der Waals surface area contributed by atoms with Crippen LogP contribution in [0.25, 0.3) is 0 Å². The van der Waals surface area contributed by atoms with Gasteiger partial charge in [0.05, 0.1) is 9.92 Å². The van der Waals surface area contributed by atoms with Crippen molar-refractivity contribution in [3.05, 3.63) is 63.6 Å². The molecule has 0 unspecified atom stereocenters. The van der Waals surface area contributed by atoms with Crippen molar-refractivity contribution in [2.24, 2.45) is 0 Å². The second kappa shape index (κ2) is 6.91. The van der Waals surface area contributed by atoms with Crippen molar-refractivity contribution >= 4 is 38.9 Å². The maximum Gasteiger partial charge on any atom is 0.253 e. The Hall–Kier alpha value is -1.56. The second-order valence-corrected chi connectivity index (χ2v) is 8.03. The molecule has 0 aromatic heterocycles. The van der Waals surface area contributed by atoms with Gasteiger partial charge in [0.1, 0.15) is 0 Å². The summed E-state index contributed by atoms with van der Waals surface area (Å²) in [6.07, 6.45) is 1.06. The maximum atomic E-state index is 12.5. The molecule has 0 aliphatic heterocycles. The first-order valence-electron chi connectivity index (χ1n) is 6.68. The van der Waals surface area contributed by atoms with E-state index in [1.807, 2.05) is 12.1 Å². The number of nitrogens with zero attached hydrogens (tertiary/aromatic N) is 1. The second-order valence-electron chi connectivity index (χ2n) is 5.21. The number of amides is 1. The van der Waals surface area contributed by atoms with Crippen molar-refractivity contribution in [1.29, 1.82) is 0 Å². The molecule has 0 saturated heterocycles. The Bertz CT molecular complexity index is 833. The van der Waals surface area contributed by atoms with E-state index < -0.39 is 9.84 Å². The lowest BCUT2D eigenvalue weighted by Gasteiger charge is -2.18. The summed E-state index contributed by atoms with van der Waals surface area (Å²) in [5, 5.41) is 0.725. The molecule has 122 valence electrons. The SMILES string of the molecule is CN(Cc1ccc(Cl)cc1)C(=O)c1ccc(Cl)c(S(C)(=O)=O)c1. The molecule has 0 N–H and O–H groups in total. The first-order chi connectivity index (χ1) is 10.7. The van der Waals surface area contributed by atoms with Crippen LogP contribution < -0.4 is 0 Å². The molecule has 0 radical (unpaired) electrons. The van der Waals surface area contributed by atoms with Crippen LogP contribution in [-0.2, 0) is 16.4 Å². The molecule has 0 spiro atoms. The number of hydrogen-bond donors (Lipinski definition) is 0. The van der Waals surface area contributed by atoms with Crippen molar-refractivity contribution < 1.29 is 13.2 Å². The molecule has 2 aromatic rings. The van der Waals surface area contributed by atoms with Crippen LogP contribution in [0, 0.1) is 0 Å². The molecule has 0 aliphatic rings. The lowest BCUT2D eigenvalue weighted by molar-refractivity contribution is 0.0785. The summed E-state index contributed by atoms with van der Waals surface area (Å²) in [7, 11) is -1.85. The van der Waals surface area contributed by atoms with E-state index in [4.69, 9.17) is 23.2 Å². The van der Waals surface area contributed by atoms with E-state index in [9.17, 15) is 13.2 Å². The highest BCUT2D eigenvalue weighted by atomic mass is 35.5. The van der Waals surface area contributed by atoms with Crippen LogP contribution in [0.5, 0.6) is 0 Å². The summed E-state index contributed by atoms with van der Waals surface area (Å²) in [5.74, 6) is -0.290. The normalized spacial score (nSPS) is 11.3. The van der Waals surface area contributed by atoms with Crippen LogP contribution in [0.4, 0.5) is 0 Å². The molecule has 0 atom stereocenters. The average Bonchev–Trinajstić information content (AvgIpc) is 2.48. The fraction of sp³-hybridized carbons (Fsp3) is 0.188. The first-order valence-corrected chi connectivity index (χ1v) is 9.33. The zero-order chi connectivity index (χ0) is 17.2. The van der Waals surface area contributed by atoms with Gasteiger partial charge in [-0.2, -0.15) is 0 Å². The molecular formula is C16H15Cl2NO3S. The Morgan fingerprint density at radius 1 is 1.09 bits per heavy atom. The van der Waals surface area contributed by atoms with Crippen LogP contribution in [0.2, 0.25) is 10.0 Å². The average molecular weight is 372 g/mol. The molecule has 0 fully saturated rings. The summed E-state index contributed by atoms with van der Waals surface area (Å²) in [5.41, 5.74) is 1.19. The predicted molar refractivity (Wildman–Crippen MR) is 91.8 cm³/mol. The third kappa shape index (κ3) is 4.47. The summed E-state index contributed by atoms with van der Waals surface area (Å²) in [4.78, 5) is 13.9. The molecule has 23 heavy (non-hydrogen) atoms. The molecule has 0 saturated carbocycles.